The van der Waals surface area contributed by atoms with E-state index in [1.807, 2.05) is 6.07 Å². The van der Waals surface area contributed by atoms with Crippen LogP contribution in [0.15, 0.2) is 28.4 Å². The Balaban J connectivity index is 1.52. The molecule has 0 aromatic carbocycles. The molecule has 4 rings (SSSR count). The zero-order valence-electron chi connectivity index (χ0n) is 19.2. The molecule has 0 amide bonds. The van der Waals surface area contributed by atoms with E-state index in [9.17, 15) is 10.2 Å². The number of nitrogens with two attached hydrogens (primary N) is 1. The summed E-state index contributed by atoms with van der Waals surface area (Å²) in [5, 5.41) is 20.9. The molecule has 33 heavy (non-hydrogen) atoms. The van der Waals surface area contributed by atoms with Gasteiger partial charge in [-0.15, -0.1) is 0 Å². The highest BCUT2D eigenvalue weighted by Crippen LogP contribution is 2.40. The molecule has 2 aromatic heterocycles. The number of hydrogen-bond acceptors (Lipinski definition) is 9. The molecule has 0 saturated carbocycles. The van der Waals surface area contributed by atoms with Crippen molar-refractivity contribution in [1.29, 1.82) is 0 Å². The highest BCUT2D eigenvalue weighted by Gasteiger charge is 2.34. The van der Waals surface area contributed by atoms with Crippen LogP contribution in [0.5, 0.6) is 0 Å². The van der Waals surface area contributed by atoms with E-state index >= 15 is 0 Å². The zero-order valence-corrected chi connectivity index (χ0v) is 20.8. The largest absolute Gasteiger partial charge is 0.394 e. The highest BCUT2D eigenvalue weighted by atomic mass is 35.5. The van der Waals surface area contributed by atoms with Crippen molar-refractivity contribution in [3.8, 4) is 0 Å². The maximum absolute atomic E-state index is 10.0. The zero-order chi connectivity index (χ0) is 23.6. The van der Waals surface area contributed by atoms with E-state index < -0.39 is 0 Å². The molecular weight excluding hydrogens is 460 g/mol. The fourth-order valence-corrected chi connectivity index (χ4v) is 5.75. The van der Waals surface area contributed by atoms with E-state index in [2.05, 4.69) is 38.6 Å². The van der Waals surface area contributed by atoms with Crippen molar-refractivity contribution < 1.29 is 10.2 Å². The van der Waals surface area contributed by atoms with Crippen LogP contribution in [-0.2, 0) is 6.61 Å². The maximum Gasteiger partial charge on any atom is 0.152 e. The monoisotopic (exact) mass is 492 g/mol. The molecule has 2 saturated heterocycles. The normalized spacial score (nSPS) is 21.5. The van der Waals surface area contributed by atoms with Crippen LogP contribution in [0.3, 0.4) is 0 Å². The van der Waals surface area contributed by atoms with Gasteiger partial charge in [-0.25, -0.2) is 15.0 Å². The third-order valence-corrected chi connectivity index (χ3v) is 8.62. The Bertz CT molecular complexity index is 970. The summed E-state index contributed by atoms with van der Waals surface area (Å²) in [6, 6.07) is 2.04. The smallest absolute Gasteiger partial charge is 0.152 e. The quantitative estimate of drug-likeness (QED) is 0.536. The summed E-state index contributed by atoms with van der Waals surface area (Å²) >= 11 is 8.12. The Hall–Kier alpha value is -1.65. The number of nitrogens with zero attached hydrogens (tertiary/aromatic N) is 5. The minimum Gasteiger partial charge on any atom is -0.394 e. The Morgan fingerprint density at radius 1 is 1.24 bits per heavy atom. The van der Waals surface area contributed by atoms with Gasteiger partial charge in [-0.05, 0) is 44.1 Å². The van der Waals surface area contributed by atoms with Gasteiger partial charge in [0.15, 0.2) is 5.82 Å². The molecule has 8 nitrogen and oxygen atoms in total. The Morgan fingerprint density at radius 2 is 2.00 bits per heavy atom. The Morgan fingerprint density at radius 3 is 2.67 bits per heavy atom. The van der Waals surface area contributed by atoms with Gasteiger partial charge in [0.05, 0.1) is 30.5 Å². The van der Waals surface area contributed by atoms with Crippen LogP contribution in [0.4, 0.5) is 11.6 Å². The summed E-state index contributed by atoms with van der Waals surface area (Å²) < 4.78 is 0. The summed E-state index contributed by atoms with van der Waals surface area (Å²) in [5.74, 6) is 1.42. The number of halogens is 1. The van der Waals surface area contributed by atoms with E-state index in [1.54, 1.807) is 12.4 Å². The minimum absolute atomic E-state index is 0.0453. The van der Waals surface area contributed by atoms with Crippen molar-refractivity contribution in [2.45, 2.75) is 68.1 Å². The van der Waals surface area contributed by atoms with Crippen LogP contribution >= 0.6 is 23.4 Å². The van der Waals surface area contributed by atoms with Gasteiger partial charge < -0.3 is 25.7 Å². The van der Waals surface area contributed by atoms with Gasteiger partial charge in [0, 0.05) is 36.8 Å². The number of hydrogen-bond donors (Lipinski definition) is 3. The molecule has 0 bridgehead atoms. The van der Waals surface area contributed by atoms with Crippen LogP contribution < -0.4 is 15.5 Å². The third kappa shape index (κ3) is 5.07. The lowest BCUT2D eigenvalue weighted by atomic mass is 9.75. The topological polar surface area (TPSA) is 112 Å². The van der Waals surface area contributed by atoms with Crippen molar-refractivity contribution >= 4 is 35.0 Å². The average Bonchev–Trinajstić information content (AvgIpc) is 3.29. The summed E-state index contributed by atoms with van der Waals surface area (Å²) in [5.41, 5.74) is 6.88. The third-order valence-electron chi connectivity index (χ3n) is 7.16. The average molecular weight is 493 g/mol. The number of anilines is 2. The molecule has 0 radical (unpaired) electrons. The first-order valence-electron chi connectivity index (χ1n) is 11.5. The van der Waals surface area contributed by atoms with Gasteiger partial charge in [0.2, 0.25) is 0 Å². The minimum atomic E-state index is -0.181. The molecule has 4 N–H and O–H groups in total. The Kier molecular flexibility index (Phi) is 7.65. The van der Waals surface area contributed by atoms with Crippen LogP contribution in [0.1, 0.15) is 45.2 Å². The van der Waals surface area contributed by atoms with E-state index in [0.717, 1.165) is 56.0 Å². The molecule has 4 heterocycles. The van der Waals surface area contributed by atoms with E-state index in [0.29, 0.717) is 21.6 Å². The lowest BCUT2D eigenvalue weighted by Crippen LogP contribution is -2.47. The number of aromatic nitrogens is 3. The summed E-state index contributed by atoms with van der Waals surface area (Å²) in [4.78, 5) is 18.9. The fraction of sp³-hybridized carbons (Fsp3) is 0.609. The van der Waals surface area contributed by atoms with Gasteiger partial charge in [-0.3, -0.25) is 0 Å². The first kappa shape index (κ1) is 24.5. The summed E-state index contributed by atoms with van der Waals surface area (Å²) in [6.07, 6.45) is 7.37. The molecule has 2 atom stereocenters. The summed E-state index contributed by atoms with van der Waals surface area (Å²) in [7, 11) is 0. The standard InChI is InChI=1S/C23H33ClN6O2S/c1-15(25)23(2)6-10-29(11-7-23)21-17(14-32)28-19(12-27-21)33-18-5-8-26-22(20(18)24)30-9-3-4-16(30)13-31/h5,8,12,15-16,31-32H,3-4,6-7,9-11,13-14,25H2,1-2H3. The second-order valence-corrected chi connectivity index (χ2v) is 10.7. The maximum atomic E-state index is 10.0. The molecule has 2 unspecified atom stereocenters. The van der Waals surface area contributed by atoms with Crippen LogP contribution in [0.25, 0.3) is 0 Å². The Labute approximate surface area is 204 Å². The molecular formula is C23H33ClN6O2S. The van der Waals surface area contributed by atoms with Crippen molar-refractivity contribution in [1.82, 2.24) is 15.0 Å². The first-order valence-corrected chi connectivity index (χ1v) is 12.7. The predicted molar refractivity (Wildman–Crippen MR) is 132 cm³/mol. The van der Waals surface area contributed by atoms with Crippen molar-refractivity contribution in [3.05, 3.63) is 29.2 Å². The van der Waals surface area contributed by atoms with E-state index in [-0.39, 0.29) is 30.7 Å². The van der Waals surface area contributed by atoms with E-state index in [4.69, 9.17) is 17.3 Å². The molecule has 10 heteroatoms. The fourth-order valence-electron chi connectivity index (χ4n) is 4.62. The second kappa shape index (κ2) is 10.3. The first-order chi connectivity index (χ1) is 15.9. The summed E-state index contributed by atoms with van der Waals surface area (Å²) in [6.45, 7) is 6.73. The van der Waals surface area contributed by atoms with Crippen molar-refractivity contribution in [3.63, 3.8) is 0 Å². The SMILES string of the molecule is CC(N)C1(C)CCN(c2ncc(Sc3ccnc(N4CCCC4CO)c3Cl)nc2CO)CC1. The molecule has 2 aliphatic heterocycles. The molecule has 2 fully saturated rings. The number of aliphatic hydroxyl groups is 2. The van der Waals surface area contributed by atoms with Gasteiger partial charge in [-0.1, -0.05) is 30.3 Å². The number of pyridine rings is 1. The van der Waals surface area contributed by atoms with Crippen LogP contribution in [-0.4, -0.2) is 63.5 Å². The number of rotatable bonds is 7. The lowest BCUT2D eigenvalue weighted by Gasteiger charge is -2.42. The van der Waals surface area contributed by atoms with Gasteiger partial charge in [0.25, 0.3) is 0 Å². The second-order valence-electron chi connectivity index (χ2n) is 9.29. The van der Waals surface area contributed by atoms with Gasteiger partial charge in [-0.2, -0.15) is 0 Å². The molecule has 2 aromatic rings. The van der Waals surface area contributed by atoms with E-state index in [1.165, 1.54) is 11.8 Å². The van der Waals surface area contributed by atoms with Gasteiger partial charge in [0.1, 0.15) is 16.5 Å². The highest BCUT2D eigenvalue weighted by molar-refractivity contribution is 7.99. The molecule has 180 valence electrons. The van der Waals surface area contributed by atoms with Crippen LogP contribution in [0, 0.1) is 5.41 Å². The number of piperidine rings is 1. The molecule has 0 aliphatic carbocycles. The van der Waals surface area contributed by atoms with Crippen molar-refractivity contribution in [2.24, 2.45) is 11.1 Å². The number of aliphatic hydroxyl groups excluding tert-OH is 2. The van der Waals surface area contributed by atoms with Crippen molar-refractivity contribution in [2.75, 3.05) is 36.0 Å². The van der Waals surface area contributed by atoms with Crippen LogP contribution in [0.2, 0.25) is 5.02 Å². The molecule has 0 spiro atoms. The molecule has 2 aliphatic rings. The predicted octanol–water partition coefficient (Wildman–Crippen LogP) is 3.08. The lowest BCUT2D eigenvalue weighted by molar-refractivity contribution is 0.204. The van der Waals surface area contributed by atoms with Gasteiger partial charge >= 0.3 is 0 Å².